The fourth-order valence-electron chi connectivity index (χ4n) is 4.20. The molecule has 0 N–H and O–H groups in total. The number of phosphoric acid groups is 1. The molecule has 0 aromatic rings. The van der Waals surface area contributed by atoms with Gasteiger partial charge in [0.15, 0.2) is 0 Å². The molecular weight excluding hydrogens is 359 g/mol. The second kappa shape index (κ2) is 14.1. The quantitative estimate of drug-likeness (QED) is 0.218. The molecule has 0 spiro atoms. The zero-order chi connectivity index (χ0) is 19.2. The summed E-state index contributed by atoms with van der Waals surface area (Å²) in [6.45, 7) is 2.74. The number of phosphoric ester groups is 1. The highest BCUT2D eigenvalue weighted by Gasteiger charge is 2.35. The first kappa shape index (κ1) is 23.4. The number of hydrogen-bond acceptors (Lipinski definition) is 4. The van der Waals surface area contributed by atoms with E-state index in [0.29, 0.717) is 6.61 Å². The predicted molar refractivity (Wildman–Crippen MR) is 112 cm³/mol. The number of hydrogen-bond donors (Lipinski definition) is 0. The van der Waals surface area contributed by atoms with Crippen LogP contribution in [0.25, 0.3) is 0 Å². The summed E-state index contributed by atoms with van der Waals surface area (Å²) in [4.78, 5) is 0. The van der Waals surface area contributed by atoms with Crippen LogP contribution >= 0.6 is 7.82 Å². The van der Waals surface area contributed by atoms with Crippen molar-refractivity contribution in [3.05, 3.63) is 0 Å². The molecule has 2 aliphatic carbocycles. The zero-order valence-electron chi connectivity index (χ0n) is 17.7. The Balaban J connectivity index is 1.69. The van der Waals surface area contributed by atoms with Gasteiger partial charge in [0.05, 0.1) is 18.8 Å². The van der Waals surface area contributed by atoms with Crippen LogP contribution in [0.2, 0.25) is 0 Å². The summed E-state index contributed by atoms with van der Waals surface area (Å²) in [7, 11) is -3.43. The molecule has 0 aliphatic heterocycles. The molecule has 0 bridgehead atoms. The molecule has 2 fully saturated rings. The lowest BCUT2D eigenvalue weighted by Gasteiger charge is -2.30. The molecule has 2 aliphatic rings. The molecule has 0 heterocycles. The molecule has 0 radical (unpaired) electrons. The van der Waals surface area contributed by atoms with Gasteiger partial charge in [-0.05, 0) is 32.1 Å². The lowest BCUT2D eigenvalue weighted by atomic mass is 9.98. The van der Waals surface area contributed by atoms with Crippen LogP contribution in [0, 0.1) is 0 Å². The van der Waals surface area contributed by atoms with Gasteiger partial charge in [-0.2, -0.15) is 0 Å². The Morgan fingerprint density at radius 3 is 1.59 bits per heavy atom. The van der Waals surface area contributed by atoms with Crippen molar-refractivity contribution in [2.45, 2.75) is 135 Å². The lowest BCUT2D eigenvalue weighted by molar-refractivity contribution is 0.0297. The molecule has 2 rings (SSSR count). The summed E-state index contributed by atoms with van der Waals surface area (Å²) in [5.74, 6) is 0. The molecule has 2 saturated carbocycles. The second-order valence-electron chi connectivity index (χ2n) is 8.49. The third-order valence-electron chi connectivity index (χ3n) is 5.91. The largest absolute Gasteiger partial charge is 0.475 e. The van der Waals surface area contributed by atoms with Crippen molar-refractivity contribution in [1.82, 2.24) is 0 Å². The summed E-state index contributed by atoms with van der Waals surface area (Å²) in [6.07, 6.45) is 21.1. The third-order valence-corrected chi connectivity index (χ3v) is 7.52. The molecule has 4 nitrogen and oxygen atoms in total. The van der Waals surface area contributed by atoms with Crippen LogP contribution < -0.4 is 0 Å². The topological polar surface area (TPSA) is 44.8 Å². The minimum absolute atomic E-state index is 0.0479. The van der Waals surface area contributed by atoms with Crippen molar-refractivity contribution in [3.63, 3.8) is 0 Å². The highest BCUT2D eigenvalue weighted by Crippen LogP contribution is 2.54. The summed E-state index contributed by atoms with van der Waals surface area (Å²) >= 11 is 0. The van der Waals surface area contributed by atoms with Crippen LogP contribution in [0.15, 0.2) is 0 Å². The third kappa shape index (κ3) is 10.5. The van der Waals surface area contributed by atoms with E-state index >= 15 is 0 Å². The van der Waals surface area contributed by atoms with E-state index in [9.17, 15) is 4.57 Å². The Morgan fingerprint density at radius 2 is 1.11 bits per heavy atom. The van der Waals surface area contributed by atoms with Crippen LogP contribution in [0.5, 0.6) is 0 Å². The van der Waals surface area contributed by atoms with Gasteiger partial charge in [0.2, 0.25) is 0 Å². The van der Waals surface area contributed by atoms with Gasteiger partial charge in [0, 0.05) is 0 Å². The predicted octanol–water partition coefficient (Wildman–Crippen LogP) is 7.95. The van der Waals surface area contributed by atoms with E-state index in [0.717, 1.165) is 64.2 Å². The highest BCUT2D eigenvalue weighted by atomic mass is 31.2. The minimum Gasteiger partial charge on any atom is -0.287 e. The van der Waals surface area contributed by atoms with Crippen LogP contribution in [0.4, 0.5) is 0 Å². The first-order chi connectivity index (χ1) is 13.2. The second-order valence-corrected chi connectivity index (χ2v) is 10.1. The van der Waals surface area contributed by atoms with Gasteiger partial charge >= 0.3 is 7.82 Å². The highest BCUT2D eigenvalue weighted by molar-refractivity contribution is 7.48. The Kier molecular flexibility index (Phi) is 12.3. The summed E-state index contributed by atoms with van der Waals surface area (Å²) in [5, 5.41) is 0. The SMILES string of the molecule is CCCCCCCCCCOP(=O)(OC1CCCCC1)OC1CCCCC1. The van der Waals surface area contributed by atoms with Gasteiger partial charge in [-0.1, -0.05) is 90.4 Å². The van der Waals surface area contributed by atoms with Crippen molar-refractivity contribution >= 4 is 7.82 Å². The van der Waals surface area contributed by atoms with E-state index in [4.69, 9.17) is 13.6 Å². The van der Waals surface area contributed by atoms with Crippen molar-refractivity contribution in [1.29, 1.82) is 0 Å². The fraction of sp³-hybridized carbons (Fsp3) is 1.00. The number of unbranched alkanes of at least 4 members (excludes halogenated alkanes) is 7. The van der Waals surface area contributed by atoms with E-state index in [-0.39, 0.29) is 12.2 Å². The molecular formula is C22H43O4P. The van der Waals surface area contributed by atoms with Gasteiger partial charge in [-0.25, -0.2) is 4.57 Å². The molecule has 160 valence electrons. The maximum Gasteiger partial charge on any atom is 0.475 e. The molecule has 0 atom stereocenters. The molecule has 0 amide bonds. The summed E-state index contributed by atoms with van der Waals surface area (Å²) < 4.78 is 31.0. The molecule has 27 heavy (non-hydrogen) atoms. The monoisotopic (exact) mass is 402 g/mol. The Morgan fingerprint density at radius 1 is 0.667 bits per heavy atom. The Bertz CT molecular complexity index is 379. The number of rotatable bonds is 14. The van der Waals surface area contributed by atoms with E-state index in [1.165, 1.54) is 51.4 Å². The smallest absolute Gasteiger partial charge is 0.287 e. The summed E-state index contributed by atoms with van der Waals surface area (Å²) in [5.41, 5.74) is 0. The van der Waals surface area contributed by atoms with E-state index in [2.05, 4.69) is 6.92 Å². The van der Waals surface area contributed by atoms with Crippen molar-refractivity contribution in [2.24, 2.45) is 0 Å². The Hall–Kier alpha value is 0.110. The van der Waals surface area contributed by atoms with E-state index < -0.39 is 7.82 Å². The molecule has 0 aromatic heterocycles. The molecule has 0 aromatic carbocycles. The first-order valence-electron chi connectivity index (χ1n) is 11.8. The minimum atomic E-state index is -3.43. The van der Waals surface area contributed by atoms with Gasteiger partial charge in [0.25, 0.3) is 0 Å². The van der Waals surface area contributed by atoms with Gasteiger partial charge in [0.1, 0.15) is 0 Å². The normalized spacial score (nSPS) is 20.2. The fourth-order valence-corrected chi connectivity index (χ4v) is 5.88. The van der Waals surface area contributed by atoms with Crippen LogP contribution in [-0.4, -0.2) is 18.8 Å². The van der Waals surface area contributed by atoms with Crippen molar-refractivity contribution in [3.8, 4) is 0 Å². The average Bonchev–Trinajstić information content (AvgIpc) is 2.68. The average molecular weight is 403 g/mol. The van der Waals surface area contributed by atoms with Crippen LogP contribution in [0.1, 0.15) is 122 Å². The zero-order valence-corrected chi connectivity index (χ0v) is 18.6. The van der Waals surface area contributed by atoms with E-state index in [1.54, 1.807) is 0 Å². The standard InChI is InChI=1S/C22H43O4P/c1-2-3-4-5-6-7-8-15-20-24-27(23,25-21-16-11-9-12-17-21)26-22-18-13-10-14-19-22/h21-22H,2-20H2,1H3. The maximum absolute atomic E-state index is 13.3. The van der Waals surface area contributed by atoms with Gasteiger partial charge < -0.3 is 0 Å². The molecule has 0 unspecified atom stereocenters. The van der Waals surface area contributed by atoms with Crippen LogP contribution in [0.3, 0.4) is 0 Å². The van der Waals surface area contributed by atoms with Gasteiger partial charge in [-0.3, -0.25) is 13.6 Å². The lowest BCUT2D eigenvalue weighted by Crippen LogP contribution is -2.21. The van der Waals surface area contributed by atoms with Crippen molar-refractivity contribution in [2.75, 3.05) is 6.61 Å². The van der Waals surface area contributed by atoms with Gasteiger partial charge in [-0.15, -0.1) is 0 Å². The summed E-state index contributed by atoms with van der Waals surface area (Å²) in [6, 6.07) is 0. The van der Waals surface area contributed by atoms with Crippen molar-refractivity contribution < 1.29 is 18.1 Å². The maximum atomic E-state index is 13.3. The Labute approximate surface area is 167 Å². The first-order valence-corrected chi connectivity index (χ1v) is 13.3. The molecule has 5 heteroatoms. The molecule has 0 saturated heterocycles. The van der Waals surface area contributed by atoms with E-state index in [1.807, 2.05) is 0 Å². The van der Waals surface area contributed by atoms with Crippen LogP contribution in [-0.2, 0) is 18.1 Å².